The molecule has 2 N–H and O–H groups in total. The number of aliphatic hydroxyl groups is 1. The Kier molecular flexibility index (Phi) is 5.93. The maximum Gasteiger partial charge on any atom is 0.225 e. The number of para-hydroxylation sites is 1. The molecule has 0 spiro atoms. The van der Waals surface area contributed by atoms with Crippen LogP contribution in [-0.4, -0.2) is 42.2 Å². The molecular weight excluding hydrogens is 278 g/mol. The van der Waals surface area contributed by atoms with E-state index in [0.29, 0.717) is 30.1 Å². The number of carbonyl (C=O) groups excluding carboxylic acids is 1. The topological polar surface area (TPSA) is 76.4 Å². The van der Waals surface area contributed by atoms with Crippen LogP contribution in [0.2, 0.25) is 0 Å². The van der Waals surface area contributed by atoms with E-state index in [1.807, 2.05) is 7.05 Å². The third-order valence-electron chi connectivity index (χ3n) is 4.21. The Morgan fingerprint density at radius 3 is 2.91 bits per heavy atom. The van der Waals surface area contributed by atoms with Gasteiger partial charge in [-0.2, -0.15) is 5.26 Å². The molecule has 0 saturated heterocycles. The van der Waals surface area contributed by atoms with Crippen molar-refractivity contribution in [1.29, 1.82) is 5.26 Å². The van der Waals surface area contributed by atoms with Crippen LogP contribution in [0.1, 0.15) is 31.2 Å². The van der Waals surface area contributed by atoms with Crippen molar-refractivity contribution in [3.63, 3.8) is 0 Å². The maximum atomic E-state index is 12.0. The van der Waals surface area contributed by atoms with E-state index >= 15 is 0 Å². The summed E-state index contributed by atoms with van der Waals surface area (Å²) in [6, 6.07) is 9.05. The lowest BCUT2D eigenvalue weighted by atomic mass is 10.1. The second-order valence-corrected chi connectivity index (χ2v) is 5.98. The number of carbonyl (C=O) groups is 1. The second kappa shape index (κ2) is 7.92. The normalized spacial score (nSPS) is 20.8. The number of hydrogen-bond donors (Lipinski definition) is 2. The minimum absolute atomic E-state index is 0.0958. The zero-order chi connectivity index (χ0) is 15.9. The standard InChI is InChI=1S/C17H23N3O2/c1-20(12-14-6-4-8-16(14)21)10-9-17(22)19-15-7-3-2-5-13(15)11-18/h2-3,5,7,14,16,21H,4,6,8-10,12H2,1H3,(H,19,22). The zero-order valence-corrected chi connectivity index (χ0v) is 13.0. The van der Waals surface area contributed by atoms with Gasteiger partial charge in [-0.1, -0.05) is 18.6 Å². The number of nitrogens with one attached hydrogen (secondary N) is 1. The van der Waals surface area contributed by atoms with Crippen molar-refractivity contribution < 1.29 is 9.90 Å². The lowest BCUT2D eigenvalue weighted by molar-refractivity contribution is -0.116. The van der Waals surface area contributed by atoms with Crippen molar-refractivity contribution in [1.82, 2.24) is 4.90 Å². The van der Waals surface area contributed by atoms with E-state index < -0.39 is 0 Å². The number of benzene rings is 1. The minimum Gasteiger partial charge on any atom is -0.393 e. The van der Waals surface area contributed by atoms with Gasteiger partial charge in [0.2, 0.25) is 5.91 Å². The van der Waals surface area contributed by atoms with Crippen LogP contribution in [0.5, 0.6) is 0 Å². The molecular formula is C17H23N3O2. The van der Waals surface area contributed by atoms with Gasteiger partial charge < -0.3 is 15.3 Å². The Morgan fingerprint density at radius 1 is 1.45 bits per heavy atom. The van der Waals surface area contributed by atoms with Crippen LogP contribution in [0.4, 0.5) is 5.69 Å². The molecule has 1 aromatic carbocycles. The van der Waals surface area contributed by atoms with E-state index in [1.165, 1.54) is 0 Å². The van der Waals surface area contributed by atoms with Gasteiger partial charge in [-0.05, 0) is 37.9 Å². The van der Waals surface area contributed by atoms with Crippen LogP contribution in [0, 0.1) is 17.2 Å². The Morgan fingerprint density at radius 2 is 2.23 bits per heavy atom. The molecule has 1 saturated carbocycles. The smallest absolute Gasteiger partial charge is 0.225 e. The van der Waals surface area contributed by atoms with Gasteiger partial charge in [-0.3, -0.25) is 4.79 Å². The van der Waals surface area contributed by atoms with Gasteiger partial charge in [-0.15, -0.1) is 0 Å². The number of nitriles is 1. The molecule has 1 aliphatic carbocycles. The highest BCUT2D eigenvalue weighted by Gasteiger charge is 2.26. The lowest BCUT2D eigenvalue weighted by Crippen LogP contribution is -2.32. The molecule has 5 heteroatoms. The Balaban J connectivity index is 1.76. The summed E-state index contributed by atoms with van der Waals surface area (Å²) < 4.78 is 0. The van der Waals surface area contributed by atoms with Crippen molar-refractivity contribution in [2.24, 2.45) is 5.92 Å². The van der Waals surface area contributed by atoms with E-state index in [2.05, 4.69) is 16.3 Å². The van der Waals surface area contributed by atoms with Crippen molar-refractivity contribution in [3.05, 3.63) is 29.8 Å². The van der Waals surface area contributed by atoms with Gasteiger partial charge in [0.25, 0.3) is 0 Å². The van der Waals surface area contributed by atoms with Crippen molar-refractivity contribution >= 4 is 11.6 Å². The SMILES string of the molecule is CN(CCC(=O)Nc1ccccc1C#N)CC1CCCC1O. The average molecular weight is 301 g/mol. The van der Waals surface area contributed by atoms with Crippen molar-refractivity contribution in [2.75, 3.05) is 25.5 Å². The number of aliphatic hydroxyl groups excluding tert-OH is 1. The van der Waals surface area contributed by atoms with Gasteiger partial charge >= 0.3 is 0 Å². The monoisotopic (exact) mass is 301 g/mol. The molecule has 0 bridgehead atoms. The molecule has 1 aliphatic rings. The summed E-state index contributed by atoms with van der Waals surface area (Å²) in [5, 5.41) is 21.6. The Bertz CT molecular complexity index is 553. The first-order chi connectivity index (χ1) is 10.6. The fraction of sp³-hybridized carbons (Fsp3) is 0.529. The van der Waals surface area contributed by atoms with E-state index in [4.69, 9.17) is 5.26 Å². The maximum absolute atomic E-state index is 12.0. The van der Waals surface area contributed by atoms with Crippen LogP contribution in [0.15, 0.2) is 24.3 Å². The van der Waals surface area contributed by atoms with Gasteiger partial charge in [0.05, 0.1) is 17.4 Å². The molecule has 2 unspecified atom stereocenters. The van der Waals surface area contributed by atoms with E-state index in [1.54, 1.807) is 24.3 Å². The summed E-state index contributed by atoms with van der Waals surface area (Å²) in [6.45, 7) is 1.47. The van der Waals surface area contributed by atoms with E-state index in [-0.39, 0.29) is 12.0 Å². The Hall–Kier alpha value is -1.90. The molecule has 0 radical (unpaired) electrons. The van der Waals surface area contributed by atoms with Gasteiger partial charge in [0.1, 0.15) is 6.07 Å². The van der Waals surface area contributed by atoms with Crippen LogP contribution >= 0.6 is 0 Å². The predicted molar refractivity (Wildman–Crippen MR) is 85.2 cm³/mol. The van der Waals surface area contributed by atoms with Crippen LogP contribution < -0.4 is 5.32 Å². The van der Waals surface area contributed by atoms with Crippen LogP contribution in [0.3, 0.4) is 0 Å². The molecule has 1 aromatic rings. The average Bonchev–Trinajstić information content (AvgIpc) is 2.91. The highest BCUT2D eigenvalue weighted by molar-refractivity contribution is 5.92. The summed E-state index contributed by atoms with van der Waals surface area (Å²) in [5.41, 5.74) is 1.03. The van der Waals surface area contributed by atoms with Crippen LogP contribution in [-0.2, 0) is 4.79 Å². The summed E-state index contributed by atoms with van der Waals surface area (Å²) in [5.74, 6) is 0.230. The third-order valence-corrected chi connectivity index (χ3v) is 4.21. The lowest BCUT2D eigenvalue weighted by Gasteiger charge is -2.22. The predicted octanol–water partition coefficient (Wildman–Crippen LogP) is 1.98. The number of amides is 1. The summed E-state index contributed by atoms with van der Waals surface area (Å²) in [7, 11) is 1.97. The second-order valence-electron chi connectivity index (χ2n) is 5.98. The Labute approximate surface area is 131 Å². The largest absolute Gasteiger partial charge is 0.393 e. The first kappa shape index (κ1) is 16.5. The number of rotatable bonds is 6. The van der Waals surface area contributed by atoms with Crippen molar-refractivity contribution in [2.45, 2.75) is 31.8 Å². The zero-order valence-electron chi connectivity index (χ0n) is 13.0. The molecule has 22 heavy (non-hydrogen) atoms. The van der Waals surface area contributed by atoms with Crippen molar-refractivity contribution in [3.8, 4) is 6.07 Å². The molecule has 2 rings (SSSR count). The molecule has 1 amide bonds. The fourth-order valence-corrected chi connectivity index (χ4v) is 2.92. The number of nitrogens with zero attached hydrogens (tertiary/aromatic N) is 2. The molecule has 0 heterocycles. The third kappa shape index (κ3) is 4.55. The highest BCUT2D eigenvalue weighted by atomic mass is 16.3. The molecule has 0 aromatic heterocycles. The number of hydrogen-bond acceptors (Lipinski definition) is 4. The molecule has 118 valence electrons. The van der Waals surface area contributed by atoms with Gasteiger partial charge in [0.15, 0.2) is 0 Å². The van der Waals surface area contributed by atoms with E-state index in [0.717, 1.165) is 25.8 Å². The van der Waals surface area contributed by atoms with E-state index in [9.17, 15) is 9.90 Å². The molecule has 2 atom stereocenters. The number of anilines is 1. The summed E-state index contributed by atoms with van der Waals surface area (Å²) >= 11 is 0. The molecule has 1 fully saturated rings. The minimum atomic E-state index is -0.196. The first-order valence-corrected chi connectivity index (χ1v) is 7.75. The first-order valence-electron chi connectivity index (χ1n) is 7.75. The van der Waals surface area contributed by atoms with Gasteiger partial charge in [0, 0.05) is 19.5 Å². The molecule has 0 aliphatic heterocycles. The highest BCUT2D eigenvalue weighted by Crippen LogP contribution is 2.26. The molecule has 5 nitrogen and oxygen atoms in total. The quantitative estimate of drug-likeness (QED) is 0.842. The summed E-state index contributed by atoms with van der Waals surface area (Å²) in [4.78, 5) is 14.1. The fourth-order valence-electron chi connectivity index (χ4n) is 2.92. The van der Waals surface area contributed by atoms with Gasteiger partial charge in [-0.25, -0.2) is 0 Å². The van der Waals surface area contributed by atoms with Crippen LogP contribution in [0.25, 0.3) is 0 Å². The summed E-state index contributed by atoms with van der Waals surface area (Å²) in [6.07, 6.45) is 3.22.